The van der Waals surface area contributed by atoms with Gasteiger partial charge in [-0.25, -0.2) is 4.79 Å². The van der Waals surface area contributed by atoms with Gasteiger partial charge in [0.05, 0.1) is 48.8 Å². The van der Waals surface area contributed by atoms with Crippen LogP contribution in [0, 0.1) is 0 Å². The number of aliphatic hydroxyl groups excluding tert-OH is 4. The molecule has 0 saturated carbocycles. The Morgan fingerprint density at radius 3 is 1.78 bits per heavy atom. The highest BCUT2D eigenvalue weighted by atomic mass is 16.5. The Hall–Kier alpha value is -1.03. The zero-order valence-electron chi connectivity index (χ0n) is 28.5. The average Bonchev–Trinajstić information content (AvgIpc) is 3.77. The van der Waals surface area contributed by atoms with Gasteiger partial charge < -0.3 is 34.6 Å². The minimum absolute atomic E-state index is 0.148. The number of cyclic esters (lactones) is 1. The predicted octanol–water partition coefficient (Wildman–Crippen LogP) is 6.83. The second-order valence-corrected chi connectivity index (χ2v) is 14.2. The molecule has 3 rings (SSSR count). The Kier molecular flexibility index (Phi) is 18.6. The first kappa shape index (κ1) is 38.4. The van der Waals surface area contributed by atoms with E-state index in [-0.39, 0.29) is 36.5 Å². The number of unbranched alkanes of at least 4 members (excludes halogenated alkanes) is 11. The molecule has 262 valence electrons. The second-order valence-electron chi connectivity index (χ2n) is 14.2. The molecule has 3 aliphatic heterocycles. The van der Waals surface area contributed by atoms with Gasteiger partial charge in [0, 0.05) is 12.0 Å². The first-order valence-corrected chi connectivity index (χ1v) is 18.7. The van der Waals surface area contributed by atoms with Crippen LogP contribution >= 0.6 is 0 Å². The molecule has 8 heteroatoms. The predicted molar refractivity (Wildman–Crippen MR) is 177 cm³/mol. The van der Waals surface area contributed by atoms with Crippen LogP contribution in [0.5, 0.6) is 0 Å². The maximum absolute atomic E-state index is 11.7. The van der Waals surface area contributed by atoms with Crippen LogP contribution in [-0.4, -0.2) is 81.3 Å². The molecule has 0 bridgehead atoms. The van der Waals surface area contributed by atoms with E-state index >= 15 is 0 Å². The fourth-order valence-electron chi connectivity index (χ4n) is 7.29. The van der Waals surface area contributed by atoms with E-state index in [1.165, 1.54) is 51.4 Å². The lowest BCUT2D eigenvalue weighted by atomic mass is 9.98. The largest absolute Gasteiger partial charge is 0.455 e. The molecular formula is C37H66O8. The summed E-state index contributed by atoms with van der Waals surface area (Å²) in [6.45, 7) is 4.07. The Bertz CT molecular complexity index is 833. The Morgan fingerprint density at radius 1 is 0.667 bits per heavy atom. The smallest absolute Gasteiger partial charge is 0.334 e. The van der Waals surface area contributed by atoms with Gasteiger partial charge in [-0.15, -0.1) is 0 Å². The summed E-state index contributed by atoms with van der Waals surface area (Å²) in [6, 6.07) is 0. The lowest BCUT2D eigenvalue weighted by Gasteiger charge is -2.24. The van der Waals surface area contributed by atoms with Crippen molar-refractivity contribution in [3.8, 4) is 0 Å². The van der Waals surface area contributed by atoms with Crippen molar-refractivity contribution in [3.63, 3.8) is 0 Å². The Morgan fingerprint density at radius 2 is 1.18 bits per heavy atom. The number of carbonyl (C=O) groups excluding carboxylic acids is 1. The van der Waals surface area contributed by atoms with Crippen LogP contribution in [0.25, 0.3) is 0 Å². The van der Waals surface area contributed by atoms with Crippen molar-refractivity contribution in [2.75, 3.05) is 0 Å². The summed E-state index contributed by atoms with van der Waals surface area (Å²) in [6.07, 6.45) is 21.5. The summed E-state index contributed by atoms with van der Waals surface area (Å²) < 4.78 is 17.3. The molecule has 0 aliphatic carbocycles. The van der Waals surface area contributed by atoms with Gasteiger partial charge in [0.1, 0.15) is 6.10 Å². The van der Waals surface area contributed by atoms with Crippen molar-refractivity contribution in [2.45, 2.75) is 216 Å². The Labute approximate surface area is 273 Å². The third-order valence-corrected chi connectivity index (χ3v) is 10.1. The first-order chi connectivity index (χ1) is 21.8. The maximum Gasteiger partial charge on any atom is 0.334 e. The minimum Gasteiger partial charge on any atom is -0.455 e. The van der Waals surface area contributed by atoms with Crippen molar-refractivity contribution in [1.29, 1.82) is 0 Å². The van der Waals surface area contributed by atoms with E-state index in [1.54, 1.807) is 6.08 Å². The van der Waals surface area contributed by atoms with Gasteiger partial charge in [-0.05, 0) is 70.8 Å². The van der Waals surface area contributed by atoms with Gasteiger partial charge >= 0.3 is 5.97 Å². The van der Waals surface area contributed by atoms with Gasteiger partial charge in [0.25, 0.3) is 0 Å². The molecule has 0 aromatic carbocycles. The van der Waals surface area contributed by atoms with Gasteiger partial charge in [-0.3, -0.25) is 0 Å². The zero-order chi connectivity index (χ0) is 32.4. The molecular weight excluding hydrogens is 572 g/mol. The average molecular weight is 639 g/mol. The molecule has 0 spiro atoms. The van der Waals surface area contributed by atoms with Crippen LogP contribution in [0.4, 0.5) is 0 Å². The van der Waals surface area contributed by atoms with E-state index in [1.807, 2.05) is 6.92 Å². The van der Waals surface area contributed by atoms with Crippen molar-refractivity contribution in [1.82, 2.24) is 0 Å². The van der Waals surface area contributed by atoms with E-state index in [0.717, 1.165) is 70.6 Å². The number of rotatable bonds is 25. The fraction of sp³-hybridized carbons (Fsp3) is 0.919. The monoisotopic (exact) mass is 638 g/mol. The van der Waals surface area contributed by atoms with E-state index in [9.17, 15) is 25.2 Å². The highest BCUT2D eigenvalue weighted by Gasteiger charge is 2.36. The van der Waals surface area contributed by atoms with Crippen LogP contribution in [0.1, 0.15) is 162 Å². The quantitative estimate of drug-likeness (QED) is 0.0634. The van der Waals surface area contributed by atoms with Gasteiger partial charge in [0.2, 0.25) is 0 Å². The van der Waals surface area contributed by atoms with E-state index in [0.29, 0.717) is 31.3 Å². The molecule has 0 aromatic rings. The summed E-state index contributed by atoms with van der Waals surface area (Å²) >= 11 is 0. The summed E-state index contributed by atoms with van der Waals surface area (Å²) in [5.74, 6) is -0.309. The minimum atomic E-state index is -0.638. The van der Waals surface area contributed by atoms with Crippen molar-refractivity contribution >= 4 is 5.97 Å². The van der Waals surface area contributed by atoms with Crippen LogP contribution in [-0.2, 0) is 19.0 Å². The first-order valence-electron chi connectivity index (χ1n) is 18.7. The second kappa shape index (κ2) is 21.8. The fourth-order valence-corrected chi connectivity index (χ4v) is 7.29. The molecule has 0 amide bonds. The number of aliphatic hydroxyl groups is 4. The topological polar surface area (TPSA) is 126 Å². The number of esters is 1. The highest BCUT2D eigenvalue weighted by Crippen LogP contribution is 2.31. The molecule has 2 saturated heterocycles. The molecule has 2 unspecified atom stereocenters. The molecule has 45 heavy (non-hydrogen) atoms. The molecule has 4 N–H and O–H groups in total. The van der Waals surface area contributed by atoms with Crippen molar-refractivity contribution in [2.24, 2.45) is 0 Å². The molecule has 3 heterocycles. The SMILES string of the molecule is CCCCCCCCCCCC[C@@H](O)[C@H]1CC[C@@H]([C@@H](O)CC[C@@H](O)[C@H]2CC[C@@H](CCCCCC(O)CC3=CC(C)OC3=O)O2)O1. The molecule has 0 aromatic heterocycles. The molecule has 8 nitrogen and oxygen atoms in total. The number of carbonyl (C=O) groups is 1. The zero-order valence-corrected chi connectivity index (χ0v) is 28.5. The maximum atomic E-state index is 11.7. The summed E-state index contributed by atoms with van der Waals surface area (Å²) in [5, 5.41) is 42.4. The van der Waals surface area contributed by atoms with Crippen LogP contribution in [0.3, 0.4) is 0 Å². The van der Waals surface area contributed by atoms with E-state index in [2.05, 4.69) is 6.92 Å². The molecule has 9 atom stereocenters. The third-order valence-electron chi connectivity index (χ3n) is 10.1. The standard InChI is InChI=1S/C37H66O8/c1-3-4-5-6-7-8-9-10-11-15-18-31(39)35-23-24-36(45-35)33(41)21-20-32(40)34-22-19-30(44-34)17-14-12-13-16-29(38)26-28-25-27(2)43-37(28)42/h25,27,29-36,38-41H,3-24,26H2,1-2H3/t27?,29?,30-,31-,32-,33+,34-,35-,36+/m1/s1. The van der Waals surface area contributed by atoms with Crippen LogP contribution in [0.2, 0.25) is 0 Å². The summed E-state index contributed by atoms with van der Waals surface area (Å²) in [4.78, 5) is 11.7. The van der Waals surface area contributed by atoms with E-state index in [4.69, 9.17) is 14.2 Å². The highest BCUT2D eigenvalue weighted by molar-refractivity contribution is 5.90. The van der Waals surface area contributed by atoms with Gasteiger partial charge in [0.15, 0.2) is 0 Å². The molecule has 2 fully saturated rings. The normalized spacial score (nSPS) is 27.8. The van der Waals surface area contributed by atoms with Gasteiger partial charge in [-0.1, -0.05) is 90.4 Å². The van der Waals surface area contributed by atoms with E-state index < -0.39 is 24.4 Å². The lowest BCUT2D eigenvalue weighted by molar-refractivity contribution is -0.139. The number of hydrogen-bond acceptors (Lipinski definition) is 8. The Balaban J connectivity index is 1.17. The van der Waals surface area contributed by atoms with Crippen molar-refractivity contribution in [3.05, 3.63) is 11.6 Å². The number of ether oxygens (including phenoxy) is 3. The van der Waals surface area contributed by atoms with Crippen LogP contribution in [0.15, 0.2) is 11.6 Å². The summed E-state index contributed by atoms with van der Waals surface area (Å²) in [7, 11) is 0. The number of hydrogen-bond donors (Lipinski definition) is 4. The lowest BCUT2D eigenvalue weighted by Crippen LogP contribution is -2.33. The van der Waals surface area contributed by atoms with Gasteiger partial charge in [-0.2, -0.15) is 0 Å². The summed E-state index contributed by atoms with van der Waals surface area (Å²) in [5.41, 5.74) is 0.583. The molecule has 3 aliphatic rings. The molecule has 0 radical (unpaired) electrons. The third kappa shape index (κ3) is 14.7. The van der Waals surface area contributed by atoms with Crippen molar-refractivity contribution < 1.29 is 39.4 Å². The van der Waals surface area contributed by atoms with Crippen LogP contribution < -0.4 is 0 Å².